The average Bonchev–Trinajstić information content (AvgIpc) is 2.47. The fraction of sp³-hybridized carbons (Fsp3) is 0.222. The van der Waals surface area contributed by atoms with Gasteiger partial charge in [0.1, 0.15) is 11.3 Å². The largest absolute Gasteiger partial charge is 0.504 e. The fourth-order valence-electron chi connectivity index (χ4n) is 1.91. The van der Waals surface area contributed by atoms with E-state index in [4.69, 9.17) is 4.74 Å². The third-order valence-electron chi connectivity index (χ3n) is 2.83. The van der Waals surface area contributed by atoms with Gasteiger partial charge in [-0.25, -0.2) is 24.3 Å². The van der Waals surface area contributed by atoms with Crippen molar-refractivity contribution in [2.45, 2.75) is 26.4 Å². The van der Waals surface area contributed by atoms with E-state index < -0.39 is 11.7 Å². The SMILES string of the molecule is CC(C)(C)OC(=O)N(C(S)=[NH+][C-]1C=C[CH-]C=C1)c1ccccc1. The predicted octanol–water partition coefficient (Wildman–Crippen LogP) is 2.66. The number of allylic oxidation sites excluding steroid dienone is 2. The van der Waals surface area contributed by atoms with Gasteiger partial charge < -0.3 is 9.73 Å². The Kier molecular flexibility index (Phi) is 5.45. The molecule has 1 aromatic rings. The van der Waals surface area contributed by atoms with Crippen LogP contribution in [0.25, 0.3) is 0 Å². The molecule has 1 amide bonds. The first-order valence-electron chi connectivity index (χ1n) is 7.33. The number of benzene rings is 1. The van der Waals surface area contributed by atoms with Gasteiger partial charge in [0.15, 0.2) is 0 Å². The Labute approximate surface area is 143 Å². The van der Waals surface area contributed by atoms with Gasteiger partial charge in [0.25, 0.3) is 5.17 Å². The molecule has 5 heteroatoms. The summed E-state index contributed by atoms with van der Waals surface area (Å²) in [6.07, 6.45) is 9.04. The molecule has 0 spiro atoms. The first-order valence-corrected chi connectivity index (χ1v) is 7.78. The van der Waals surface area contributed by atoms with Crippen molar-refractivity contribution < 1.29 is 14.5 Å². The van der Waals surface area contributed by atoms with E-state index in [9.17, 15) is 4.79 Å². The molecule has 23 heavy (non-hydrogen) atoms. The number of carbonyl (C=O) groups excluding carboxylic acids is 1. The molecule has 0 fully saturated rings. The van der Waals surface area contributed by atoms with Crippen LogP contribution in [0.4, 0.5) is 10.5 Å². The second kappa shape index (κ2) is 7.33. The van der Waals surface area contributed by atoms with Crippen LogP contribution in [0.1, 0.15) is 20.8 Å². The molecule has 1 aromatic carbocycles. The first kappa shape index (κ1) is 17.1. The molecule has 0 saturated heterocycles. The molecule has 0 saturated carbocycles. The molecule has 4 nitrogen and oxygen atoms in total. The van der Waals surface area contributed by atoms with Crippen LogP contribution in [0.15, 0.2) is 54.6 Å². The van der Waals surface area contributed by atoms with Gasteiger partial charge in [-0.2, -0.15) is 9.69 Å². The minimum absolute atomic E-state index is 0.372. The molecule has 0 bridgehead atoms. The maximum Gasteiger partial charge on any atom is 0.504 e. The van der Waals surface area contributed by atoms with Gasteiger partial charge in [0, 0.05) is 0 Å². The zero-order valence-corrected chi connectivity index (χ0v) is 14.4. The summed E-state index contributed by atoms with van der Waals surface area (Å²) in [5.74, 6) is 0. The van der Waals surface area contributed by atoms with Crippen LogP contribution in [-0.4, -0.2) is 16.9 Å². The number of hydrogen-bond acceptors (Lipinski definition) is 2. The van der Waals surface area contributed by atoms with Crippen molar-refractivity contribution in [3.63, 3.8) is 0 Å². The summed E-state index contributed by atoms with van der Waals surface area (Å²) in [4.78, 5) is 17.1. The topological polar surface area (TPSA) is 43.5 Å². The van der Waals surface area contributed by atoms with Crippen LogP contribution < -0.4 is 9.89 Å². The first-order chi connectivity index (χ1) is 10.9. The molecule has 0 heterocycles. The summed E-state index contributed by atoms with van der Waals surface area (Å²) in [5, 5.41) is 0.372. The van der Waals surface area contributed by atoms with Crippen LogP contribution in [-0.2, 0) is 4.74 Å². The number of amidine groups is 1. The number of para-hydroxylation sites is 1. The van der Waals surface area contributed by atoms with Crippen molar-refractivity contribution in [3.8, 4) is 0 Å². The van der Waals surface area contributed by atoms with E-state index in [2.05, 4.69) is 17.6 Å². The van der Waals surface area contributed by atoms with Gasteiger partial charge in [-0.1, -0.05) is 24.2 Å². The summed E-state index contributed by atoms with van der Waals surface area (Å²) in [6, 6.07) is 10.1. The number of anilines is 1. The van der Waals surface area contributed by atoms with Crippen LogP contribution in [0, 0.1) is 12.5 Å². The van der Waals surface area contributed by atoms with Crippen LogP contribution in [0.2, 0.25) is 0 Å². The summed E-state index contributed by atoms with van der Waals surface area (Å²) in [6.45, 7) is 5.49. The Hall–Kier alpha value is -2.27. The summed E-state index contributed by atoms with van der Waals surface area (Å²) in [7, 11) is 0. The lowest BCUT2D eigenvalue weighted by Crippen LogP contribution is -2.76. The molecule has 122 valence electrons. The van der Waals surface area contributed by atoms with Gasteiger partial charge in [0.2, 0.25) is 0 Å². The molecule has 0 unspecified atom stereocenters. The third-order valence-corrected chi connectivity index (χ3v) is 3.14. The summed E-state index contributed by atoms with van der Waals surface area (Å²) >= 11 is 4.47. The zero-order valence-electron chi connectivity index (χ0n) is 13.5. The second-order valence-corrected chi connectivity index (χ2v) is 6.39. The van der Waals surface area contributed by atoms with E-state index in [1.807, 2.05) is 81.8 Å². The van der Waals surface area contributed by atoms with Crippen molar-refractivity contribution >= 4 is 29.6 Å². The Balaban J connectivity index is 2.31. The minimum atomic E-state index is -0.592. The molecule has 0 radical (unpaired) electrons. The van der Waals surface area contributed by atoms with Gasteiger partial charge in [-0.3, -0.25) is 6.42 Å². The Morgan fingerprint density at radius 3 is 2.39 bits per heavy atom. The highest BCUT2D eigenvalue weighted by molar-refractivity contribution is 7.97. The van der Waals surface area contributed by atoms with Crippen molar-refractivity contribution in [3.05, 3.63) is 67.1 Å². The lowest BCUT2D eigenvalue weighted by atomic mass is 10.1. The number of hydrogen-bond donors (Lipinski definition) is 2. The van der Waals surface area contributed by atoms with Crippen LogP contribution in [0.5, 0.6) is 0 Å². The molecule has 0 atom stereocenters. The lowest BCUT2D eigenvalue weighted by Gasteiger charge is -2.25. The minimum Gasteiger partial charge on any atom is -0.426 e. The normalized spacial score (nSPS) is 14.4. The molecule has 0 aromatic heterocycles. The molecule has 1 N–H and O–H groups in total. The summed E-state index contributed by atoms with van der Waals surface area (Å²) < 4.78 is 5.49. The van der Waals surface area contributed by atoms with E-state index in [1.165, 1.54) is 4.90 Å². The Morgan fingerprint density at radius 2 is 1.83 bits per heavy atom. The Morgan fingerprint density at radius 1 is 1.22 bits per heavy atom. The predicted molar refractivity (Wildman–Crippen MR) is 95.9 cm³/mol. The van der Waals surface area contributed by atoms with Crippen molar-refractivity contribution in [1.82, 2.24) is 0 Å². The quantitative estimate of drug-likeness (QED) is 0.379. The van der Waals surface area contributed by atoms with Crippen LogP contribution in [0.3, 0.4) is 0 Å². The van der Waals surface area contributed by atoms with Crippen LogP contribution >= 0.6 is 12.6 Å². The highest BCUT2D eigenvalue weighted by Gasteiger charge is 2.30. The smallest absolute Gasteiger partial charge is 0.426 e. The zero-order chi connectivity index (χ0) is 16.9. The maximum absolute atomic E-state index is 12.6. The number of nitrogens with one attached hydrogen (secondary N) is 1. The van der Waals surface area contributed by atoms with Gasteiger partial charge >= 0.3 is 6.09 Å². The highest BCUT2D eigenvalue weighted by Crippen LogP contribution is 2.18. The number of rotatable bonds is 2. The lowest BCUT2D eigenvalue weighted by molar-refractivity contribution is -0.420. The standard InChI is InChI=1S/C18H21N2O2S/c1-18(2,3)22-17(21)20(15-12-8-5-9-13-15)16(23)19-14-10-6-4-7-11-14/h4-13,19,23H,1-3H3/q-1. The van der Waals surface area contributed by atoms with Gasteiger partial charge in [0.05, 0.1) is 0 Å². The second-order valence-electron chi connectivity index (χ2n) is 5.97. The number of amides is 1. The van der Waals surface area contributed by atoms with Crippen molar-refractivity contribution in [2.75, 3.05) is 4.90 Å². The Bertz CT molecular complexity index is 618. The number of carbonyl (C=O) groups is 1. The highest BCUT2D eigenvalue weighted by atomic mass is 32.1. The number of ether oxygens (including phenoxy) is 1. The van der Waals surface area contributed by atoms with E-state index in [-0.39, 0.29) is 0 Å². The van der Waals surface area contributed by atoms with Crippen molar-refractivity contribution in [2.24, 2.45) is 0 Å². The monoisotopic (exact) mass is 329 g/mol. The van der Waals surface area contributed by atoms with E-state index in [0.29, 0.717) is 10.9 Å². The molecule has 2 rings (SSSR count). The van der Waals surface area contributed by atoms with Gasteiger partial charge in [-0.05, 0) is 32.9 Å². The van der Waals surface area contributed by atoms with E-state index in [0.717, 1.165) is 6.04 Å². The molecular weight excluding hydrogens is 308 g/mol. The number of nitrogens with zero attached hydrogens (tertiary/aromatic N) is 1. The average molecular weight is 329 g/mol. The van der Waals surface area contributed by atoms with E-state index in [1.54, 1.807) is 0 Å². The molecular formula is C18H21N2O2S-. The van der Waals surface area contributed by atoms with Gasteiger partial charge in [-0.15, -0.1) is 12.6 Å². The fourth-order valence-corrected chi connectivity index (χ4v) is 2.23. The molecule has 0 aliphatic heterocycles. The van der Waals surface area contributed by atoms with E-state index >= 15 is 0 Å². The van der Waals surface area contributed by atoms with Crippen molar-refractivity contribution in [1.29, 1.82) is 0 Å². The third kappa shape index (κ3) is 5.14. The maximum atomic E-state index is 12.6. The molecule has 1 aliphatic rings. The summed E-state index contributed by atoms with van der Waals surface area (Å²) in [5.41, 5.74) is 0.0838. The number of thiol groups is 1. The molecule has 1 aliphatic carbocycles.